The fourth-order valence-corrected chi connectivity index (χ4v) is 4.20. The maximum Gasteiger partial charge on any atom is 0.293 e. The standard InChI is InChI=1S/C19H15Br2NO4S/c1-2-26-14-9-13(20)16(21)12(17(14)23)8-15-18(24)22(19(25)27-15)10-11-6-4-3-5-7-11/h3-9,23H,2,10H2,1H3/b15-8-. The van der Waals surface area contributed by atoms with Gasteiger partial charge in [-0.15, -0.1) is 0 Å². The maximum atomic E-state index is 12.7. The Balaban J connectivity index is 1.94. The average Bonchev–Trinajstić information content (AvgIpc) is 2.91. The number of nitrogens with zero attached hydrogens (tertiary/aromatic N) is 1. The molecule has 5 nitrogen and oxygen atoms in total. The molecule has 1 aliphatic rings. The highest BCUT2D eigenvalue weighted by molar-refractivity contribution is 9.13. The van der Waals surface area contributed by atoms with Crippen molar-refractivity contribution >= 4 is 60.8 Å². The van der Waals surface area contributed by atoms with Gasteiger partial charge in [0.2, 0.25) is 0 Å². The number of halogens is 2. The van der Waals surface area contributed by atoms with Crippen molar-refractivity contribution in [1.82, 2.24) is 4.90 Å². The second-order valence-corrected chi connectivity index (χ2v) is 8.26. The zero-order valence-electron chi connectivity index (χ0n) is 14.2. The molecule has 3 rings (SSSR count). The van der Waals surface area contributed by atoms with E-state index in [1.54, 1.807) is 6.07 Å². The zero-order chi connectivity index (χ0) is 19.6. The van der Waals surface area contributed by atoms with E-state index in [0.29, 0.717) is 26.9 Å². The first-order valence-electron chi connectivity index (χ1n) is 8.05. The molecule has 0 unspecified atom stereocenters. The molecule has 1 aliphatic heterocycles. The predicted octanol–water partition coefficient (Wildman–Crippen LogP) is 5.55. The summed E-state index contributed by atoms with van der Waals surface area (Å²) in [6.45, 7) is 2.40. The van der Waals surface area contributed by atoms with Crippen molar-refractivity contribution in [2.75, 3.05) is 6.61 Å². The Morgan fingerprint density at radius 2 is 1.93 bits per heavy atom. The Labute approximate surface area is 177 Å². The van der Waals surface area contributed by atoms with Crippen LogP contribution >= 0.6 is 43.6 Å². The minimum absolute atomic E-state index is 0.0956. The number of aromatic hydroxyl groups is 1. The van der Waals surface area contributed by atoms with Crippen LogP contribution < -0.4 is 4.74 Å². The highest BCUT2D eigenvalue weighted by Gasteiger charge is 2.35. The van der Waals surface area contributed by atoms with Crippen molar-refractivity contribution in [3.63, 3.8) is 0 Å². The molecule has 1 saturated heterocycles. The molecule has 2 amide bonds. The van der Waals surface area contributed by atoms with Crippen LogP contribution in [0.3, 0.4) is 0 Å². The van der Waals surface area contributed by atoms with E-state index in [0.717, 1.165) is 17.3 Å². The molecule has 0 radical (unpaired) electrons. The van der Waals surface area contributed by atoms with Crippen LogP contribution in [0.1, 0.15) is 18.1 Å². The minimum Gasteiger partial charge on any atom is -0.504 e. The van der Waals surface area contributed by atoms with Crippen LogP contribution in [-0.4, -0.2) is 27.8 Å². The molecule has 27 heavy (non-hydrogen) atoms. The number of carbonyl (C=O) groups excluding carboxylic acids is 2. The van der Waals surface area contributed by atoms with Gasteiger partial charge in [0.05, 0.1) is 18.1 Å². The van der Waals surface area contributed by atoms with Gasteiger partial charge >= 0.3 is 0 Å². The normalized spacial score (nSPS) is 15.7. The Morgan fingerprint density at radius 3 is 2.59 bits per heavy atom. The van der Waals surface area contributed by atoms with Gasteiger partial charge in [0.15, 0.2) is 11.5 Å². The van der Waals surface area contributed by atoms with Crippen LogP contribution in [0.15, 0.2) is 50.2 Å². The van der Waals surface area contributed by atoms with Gasteiger partial charge in [-0.3, -0.25) is 14.5 Å². The van der Waals surface area contributed by atoms with Gasteiger partial charge in [-0.1, -0.05) is 30.3 Å². The summed E-state index contributed by atoms with van der Waals surface area (Å²) in [5.74, 6) is -0.192. The second kappa shape index (κ2) is 8.50. The van der Waals surface area contributed by atoms with Crippen LogP contribution in [0.2, 0.25) is 0 Å². The number of imide groups is 1. The molecule has 8 heteroatoms. The van der Waals surface area contributed by atoms with Crippen LogP contribution in [0, 0.1) is 0 Å². The summed E-state index contributed by atoms with van der Waals surface area (Å²) in [6.07, 6.45) is 1.50. The third-order valence-corrected chi connectivity index (χ3v) is 6.74. The summed E-state index contributed by atoms with van der Waals surface area (Å²) >= 11 is 7.65. The minimum atomic E-state index is -0.391. The topological polar surface area (TPSA) is 66.8 Å². The van der Waals surface area contributed by atoms with E-state index < -0.39 is 5.91 Å². The van der Waals surface area contributed by atoms with Gasteiger partial charge in [-0.05, 0) is 68.3 Å². The van der Waals surface area contributed by atoms with E-state index >= 15 is 0 Å². The number of carbonyl (C=O) groups is 2. The van der Waals surface area contributed by atoms with Crippen LogP contribution in [0.25, 0.3) is 6.08 Å². The number of amides is 2. The first-order chi connectivity index (χ1) is 12.9. The molecular weight excluding hydrogens is 498 g/mol. The number of benzene rings is 2. The summed E-state index contributed by atoms with van der Waals surface area (Å²) in [6, 6.07) is 10.9. The van der Waals surface area contributed by atoms with Gasteiger partial charge in [-0.2, -0.15) is 0 Å². The summed E-state index contributed by atoms with van der Waals surface area (Å²) in [7, 11) is 0. The smallest absolute Gasteiger partial charge is 0.293 e. The van der Waals surface area contributed by atoms with Gasteiger partial charge in [0.1, 0.15) is 0 Å². The fourth-order valence-electron chi connectivity index (χ4n) is 2.54. The molecule has 1 heterocycles. The molecule has 0 atom stereocenters. The largest absolute Gasteiger partial charge is 0.504 e. The number of hydrogen-bond donors (Lipinski definition) is 1. The van der Waals surface area contributed by atoms with Gasteiger partial charge in [0, 0.05) is 14.5 Å². The lowest BCUT2D eigenvalue weighted by atomic mass is 10.1. The third kappa shape index (κ3) is 4.23. The van der Waals surface area contributed by atoms with Crippen molar-refractivity contribution in [2.45, 2.75) is 13.5 Å². The molecule has 140 valence electrons. The number of hydrogen-bond acceptors (Lipinski definition) is 5. The van der Waals surface area contributed by atoms with Crippen LogP contribution in [0.4, 0.5) is 4.79 Å². The zero-order valence-corrected chi connectivity index (χ0v) is 18.2. The molecular formula is C19H15Br2NO4S. The van der Waals surface area contributed by atoms with E-state index in [-0.39, 0.29) is 22.4 Å². The first kappa shape index (κ1) is 20.0. The first-order valence-corrected chi connectivity index (χ1v) is 10.5. The molecule has 0 aliphatic carbocycles. The number of thioether (sulfide) groups is 1. The third-order valence-electron chi connectivity index (χ3n) is 3.82. The van der Waals surface area contributed by atoms with Crippen molar-refractivity contribution in [2.24, 2.45) is 0 Å². The molecule has 1 N–H and O–H groups in total. The number of rotatable bonds is 5. The molecule has 2 aromatic carbocycles. The van der Waals surface area contributed by atoms with E-state index in [9.17, 15) is 14.7 Å². The lowest BCUT2D eigenvalue weighted by Crippen LogP contribution is -2.27. The highest BCUT2D eigenvalue weighted by Crippen LogP contribution is 2.43. The monoisotopic (exact) mass is 511 g/mol. The molecule has 1 fully saturated rings. The molecule has 0 aromatic heterocycles. The summed E-state index contributed by atoms with van der Waals surface area (Å²) < 4.78 is 6.66. The number of phenolic OH excluding ortho intramolecular Hbond substituents is 1. The summed E-state index contributed by atoms with van der Waals surface area (Å²) in [5.41, 5.74) is 1.24. The Hall–Kier alpha value is -1.77. The maximum absolute atomic E-state index is 12.7. The van der Waals surface area contributed by atoms with Crippen molar-refractivity contribution in [1.29, 1.82) is 0 Å². The molecule has 0 saturated carbocycles. The average molecular weight is 513 g/mol. The highest BCUT2D eigenvalue weighted by atomic mass is 79.9. The van der Waals surface area contributed by atoms with E-state index in [1.807, 2.05) is 37.3 Å². The van der Waals surface area contributed by atoms with E-state index in [2.05, 4.69) is 31.9 Å². The fraction of sp³-hybridized carbons (Fsp3) is 0.158. The van der Waals surface area contributed by atoms with Crippen molar-refractivity contribution in [3.05, 3.63) is 61.4 Å². The van der Waals surface area contributed by atoms with Crippen molar-refractivity contribution < 1.29 is 19.4 Å². The van der Waals surface area contributed by atoms with Gasteiger partial charge in [-0.25, -0.2) is 0 Å². The van der Waals surface area contributed by atoms with Crippen LogP contribution in [0.5, 0.6) is 11.5 Å². The molecule has 0 bridgehead atoms. The lowest BCUT2D eigenvalue weighted by molar-refractivity contribution is -0.123. The number of phenols is 1. The Kier molecular flexibility index (Phi) is 6.29. The second-order valence-electron chi connectivity index (χ2n) is 5.62. The lowest BCUT2D eigenvalue weighted by Gasteiger charge is -2.13. The Bertz CT molecular complexity index is 931. The molecule has 0 spiro atoms. The number of ether oxygens (including phenoxy) is 1. The van der Waals surface area contributed by atoms with E-state index in [1.165, 1.54) is 11.0 Å². The SMILES string of the molecule is CCOc1cc(Br)c(Br)c(/C=C2\SC(=O)N(Cc3ccccc3)C2=O)c1O. The Morgan fingerprint density at radius 1 is 1.22 bits per heavy atom. The van der Waals surface area contributed by atoms with Crippen molar-refractivity contribution in [3.8, 4) is 11.5 Å². The summed E-state index contributed by atoms with van der Waals surface area (Å²) in [4.78, 5) is 26.5. The van der Waals surface area contributed by atoms with Gasteiger partial charge < -0.3 is 9.84 Å². The van der Waals surface area contributed by atoms with E-state index in [4.69, 9.17) is 4.74 Å². The van der Waals surface area contributed by atoms with Crippen LogP contribution in [-0.2, 0) is 11.3 Å². The summed E-state index contributed by atoms with van der Waals surface area (Å²) in [5, 5.41) is 10.2. The predicted molar refractivity (Wildman–Crippen MR) is 113 cm³/mol. The van der Waals surface area contributed by atoms with Gasteiger partial charge in [0.25, 0.3) is 11.1 Å². The quantitative estimate of drug-likeness (QED) is 0.532. The molecule has 2 aromatic rings.